The lowest BCUT2D eigenvalue weighted by molar-refractivity contribution is -0.125. The smallest absolute Gasteiger partial charge is 0.223 e. The Morgan fingerprint density at radius 1 is 1.45 bits per heavy atom. The summed E-state index contributed by atoms with van der Waals surface area (Å²) in [4.78, 5) is 19.3. The van der Waals surface area contributed by atoms with Crippen molar-refractivity contribution in [3.05, 3.63) is 52.5 Å². The zero-order valence-corrected chi connectivity index (χ0v) is 13.0. The van der Waals surface area contributed by atoms with Crippen molar-refractivity contribution in [3.63, 3.8) is 0 Å². The van der Waals surface area contributed by atoms with Crippen LogP contribution in [0.4, 0.5) is 0 Å². The first-order valence-electron chi connectivity index (χ1n) is 6.70. The lowest BCUT2D eigenvalue weighted by Crippen LogP contribution is -2.31. The number of H-pyrrole nitrogens is 1. The maximum atomic E-state index is 12.2. The summed E-state index contributed by atoms with van der Waals surface area (Å²) in [7, 11) is 0. The Morgan fingerprint density at radius 2 is 2.25 bits per heavy atom. The minimum Gasteiger partial charge on any atom is -0.349 e. The summed E-state index contributed by atoms with van der Waals surface area (Å²) in [6, 6.07) is 8.02. The molecule has 0 aliphatic carbocycles. The van der Waals surface area contributed by atoms with Gasteiger partial charge in [0, 0.05) is 22.8 Å². The number of nitrogens with zero attached hydrogens (tertiary/aromatic N) is 1. The Morgan fingerprint density at radius 3 is 2.90 bits per heavy atom. The molecule has 1 atom stereocenters. The van der Waals surface area contributed by atoms with Gasteiger partial charge in [0.05, 0.1) is 6.54 Å². The number of halogens is 1. The molecule has 0 spiro atoms. The van der Waals surface area contributed by atoms with Crippen molar-refractivity contribution in [2.24, 2.45) is 5.92 Å². The second-order valence-electron chi connectivity index (χ2n) is 4.65. The van der Waals surface area contributed by atoms with Gasteiger partial charge in [-0.15, -0.1) is 0 Å². The molecular formula is C15H18BrN3O. The molecule has 0 saturated carbocycles. The van der Waals surface area contributed by atoms with Crippen LogP contribution in [0.25, 0.3) is 0 Å². The van der Waals surface area contributed by atoms with Crippen LogP contribution in [0.3, 0.4) is 0 Å². The minimum absolute atomic E-state index is 0.0244. The predicted molar refractivity (Wildman–Crippen MR) is 82.1 cm³/mol. The lowest BCUT2D eigenvalue weighted by atomic mass is 9.96. The fourth-order valence-corrected chi connectivity index (χ4v) is 2.51. The molecule has 1 aromatic heterocycles. The SMILES string of the molecule is CC[C@@H](Cc1ccccc1Br)C(=O)NCc1ncc[nH]1. The highest BCUT2D eigenvalue weighted by Gasteiger charge is 2.18. The number of carbonyl (C=O) groups excluding carboxylic acids is 1. The van der Waals surface area contributed by atoms with Gasteiger partial charge in [0.2, 0.25) is 5.91 Å². The molecule has 0 fully saturated rings. The molecule has 0 radical (unpaired) electrons. The van der Waals surface area contributed by atoms with E-state index in [-0.39, 0.29) is 11.8 Å². The van der Waals surface area contributed by atoms with E-state index in [1.165, 1.54) is 0 Å². The number of aromatic amines is 1. The second-order valence-corrected chi connectivity index (χ2v) is 5.51. The van der Waals surface area contributed by atoms with E-state index < -0.39 is 0 Å². The average molecular weight is 336 g/mol. The molecule has 2 rings (SSSR count). The summed E-state index contributed by atoms with van der Waals surface area (Å²) in [5, 5.41) is 2.93. The van der Waals surface area contributed by atoms with Crippen molar-refractivity contribution in [1.29, 1.82) is 0 Å². The summed E-state index contributed by atoms with van der Waals surface area (Å²) in [6.07, 6.45) is 4.98. The number of carbonyl (C=O) groups is 1. The van der Waals surface area contributed by atoms with Crippen molar-refractivity contribution in [3.8, 4) is 0 Å². The van der Waals surface area contributed by atoms with Crippen molar-refractivity contribution in [2.45, 2.75) is 26.3 Å². The van der Waals surface area contributed by atoms with Crippen molar-refractivity contribution in [2.75, 3.05) is 0 Å². The van der Waals surface area contributed by atoms with Gasteiger partial charge in [0.1, 0.15) is 5.82 Å². The quantitative estimate of drug-likeness (QED) is 0.852. The summed E-state index contributed by atoms with van der Waals surface area (Å²) >= 11 is 3.53. The molecule has 20 heavy (non-hydrogen) atoms. The van der Waals surface area contributed by atoms with Crippen molar-refractivity contribution < 1.29 is 4.79 Å². The molecule has 0 aliphatic rings. The molecule has 4 nitrogen and oxygen atoms in total. The molecule has 2 N–H and O–H groups in total. The van der Waals surface area contributed by atoms with Crippen LogP contribution in [-0.2, 0) is 17.8 Å². The number of imidazole rings is 1. The van der Waals surface area contributed by atoms with E-state index in [2.05, 4.69) is 31.2 Å². The van der Waals surface area contributed by atoms with Gasteiger partial charge in [-0.25, -0.2) is 4.98 Å². The molecule has 106 valence electrons. The summed E-state index contributed by atoms with van der Waals surface area (Å²) in [6.45, 7) is 2.48. The van der Waals surface area contributed by atoms with Crippen LogP contribution >= 0.6 is 15.9 Å². The maximum absolute atomic E-state index is 12.2. The number of amides is 1. The number of rotatable bonds is 6. The fourth-order valence-electron chi connectivity index (χ4n) is 2.06. The highest BCUT2D eigenvalue weighted by Crippen LogP contribution is 2.21. The fraction of sp³-hybridized carbons (Fsp3) is 0.333. The molecule has 5 heteroatoms. The Labute approximate surface area is 127 Å². The van der Waals surface area contributed by atoms with Gasteiger partial charge in [-0.2, -0.15) is 0 Å². The molecular weight excluding hydrogens is 318 g/mol. The van der Waals surface area contributed by atoms with Crippen LogP contribution < -0.4 is 5.32 Å². The number of hydrogen-bond donors (Lipinski definition) is 2. The van der Waals surface area contributed by atoms with Gasteiger partial charge >= 0.3 is 0 Å². The lowest BCUT2D eigenvalue weighted by Gasteiger charge is -2.15. The van der Waals surface area contributed by atoms with Crippen molar-refractivity contribution in [1.82, 2.24) is 15.3 Å². The Kier molecular flexibility index (Phi) is 5.35. The zero-order valence-electron chi connectivity index (χ0n) is 11.4. The number of nitrogens with one attached hydrogen (secondary N) is 2. The molecule has 0 unspecified atom stereocenters. The third-order valence-electron chi connectivity index (χ3n) is 3.27. The largest absolute Gasteiger partial charge is 0.349 e. The van der Waals surface area contributed by atoms with Crippen LogP contribution in [0, 0.1) is 5.92 Å². The first-order valence-corrected chi connectivity index (χ1v) is 7.49. The number of hydrogen-bond acceptors (Lipinski definition) is 2. The minimum atomic E-state index is -0.0244. The van der Waals surface area contributed by atoms with E-state index in [1.807, 2.05) is 31.2 Å². The molecule has 0 bridgehead atoms. The normalized spacial score (nSPS) is 12.1. The molecule has 1 heterocycles. The summed E-state index contributed by atoms with van der Waals surface area (Å²) in [5.74, 6) is 0.817. The first-order chi connectivity index (χ1) is 9.70. The molecule has 1 amide bonds. The Bertz CT molecular complexity index is 554. The van der Waals surface area contributed by atoms with E-state index in [0.29, 0.717) is 6.54 Å². The van der Waals surface area contributed by atoms with E-state index in [0.717, 1.165) is 28.7 Å². The molecule has 0 aliphatic heterocycles. The first kappa shape index (κ1) is 14.8. The van der Waals surface area contributed by atoms with E-state index in [1.54, 1.807) is 12.4 Å². The second kappa shape index (κ2) is 7.24. The van der Waals surface area contributed by atoms with E-state index >= 15 is 0 Å². The highest BCUT2D eigenvalue weighted by atomic mass is 79.9. The van der Waals surface area contributed by atoms with Gasteiger partial charge in [-0.1, -0.05) is 41.1 Å². The van der Waals surface area contributed by atoms with Crippen LogP contribution in [0.15, 0.2) is 41.1 Å². The van der Waals surface area contributed by atoms with Crippen LogP contribution in [-0.4, -0.2) is 15.9 Å². The van der Waals surface area contributed by atoms with E-state index in [4.69, 9.17) is 0 Å². The zero-order chi connectivity index (χ0) is 14.4. The average Bonchev–Trinajstić information content (AvgIpc) is 2.97. The number of benzene rings is 1. The van der Waals surface area contributed by atoms with Crippen LogP contribution in [0.2, 0.25) is 0 Å². The molecule has 0 saturated heterocycles. The third kappa shape index (κ3) is 3.93. The Hall–Kier alpha value is -1.62. The van der Waals surface area contributed by atoms with Gasteiger partial charge in [-0.3, -0.25) is 4.79 Å². The van der Waals surface area contributed by atoms with Gasteiger partial charge in [0.15, 0.2) is 0 Å². The maximum Gasteiger partial charge on any atom is 0.223 e. The van der Waals surface area contributed by atoms with Gasteiger partial charge in [-0.05, 0) is 24.5 Å². The van der Waals surface area contributed by atoms with Gasteiger partial charge < -0.3 is 10.3 Å². The van der Waals surface area contributed by atoms with E-state index in [9.17, 15) is 4.79 Å². The van der Waals surface area contributed by atoms with Crippen molar-refractivity contribution >= 4 is 21.8 Å². The topological polar surface area (TPSA) is 57.8 Å². The summed E-state index contributed by atoms with van der Waals surface area (Å²) in [5.41, 5.74) is 1.16. The van der Waals surface area contributed by atoms with Crippen LogP contribution in [0.5, 0.6) is 0 Å². The molecule has 1 aromatic carbocycles. The number of aromatic nitrogens is 2. The monoisotopic (exact) mass is 335 g/mol. The predicted octanol–water partition coefficient (Wildman–Crippen LogP) is 3.06. The standard InChI is InChI=1S/C15H18BrN3O/c1-2-11(9-12-5-3-4-6-13(12)16)15(20)19-10-14-17-7-8-18-14/h3-8,11H,2,9-10H2,1H3,(H,17,18)(H,19,20)/t11-/m0/s1. The summed E-state index contributed by atoms with van der Waals surface area (Å²) < 4.78 is 1.05. The highest BCUT2D eigenvalue weighted by molar-refractivity contribution is 9.10. The van der Waals surface area contributed by atoms with Gasteiger partial charge in [0.25, 0.3) is 0 Å². The third-order valence-corrected chi connectivity index (χ3v) is 4.05. The van der Waals surface area contributed by atoms with Crippen LogP contribution in [0.1, 0.15) is 24.7 Å². The Balaban J connectivity index is 1.94. The molecule has 2 aromatic rings.